The Hall–Kier alpha value is -5.61. The van der Waals surface area contributed by atoms with E-state index in [1.165, 1.54) is 80.8 Å². The summed E-state index contributed by atoms with van der Waals surface area (Å²) in [5.74, 6) is -11.0. The Morgan fingerprint density at radius 2 is 0.934 bits per heavy atom. The highest BCUT2D eigenvalue weighted by Crippen LogP contribution is 2.30. The van der Waals surface area contributed by atoms with Gasteiger partial charge in [0.25, 0.3) is 5.91 Å². The minimum absolute atomic E-state index is 0.0164. The van der Waals surface area contributed by atoms with Gasteiger partial charge in [0, 0.05) is 92.9 Å². The van der Waals surface area contributed by atoms with Crippen LogP contribution in [-0.2, 0) is 57.5 Å². The van der Waals surface area contributed by atoms with Gasteiger partial charge < -0.3 is 54.4 Å². The van der Waals surface area contributed by atoms with Gasteiger partial charge in [-0.3, -0.25) is 52.7 Å². The second-order valence-electron chi connectivity index (χ2n) is 28.7. The van der Waals surface area contributed by atoms with Crippen LogP contribution in [0.15, 0.2) is 12.2 Å². The molecule has 22 nitrogen and oxygen atoms in total. The Kier molecular flexibility index (Phi) is 35.3. The molecular weight excluding hydrogens is 1160 g/mol. The molecule has 2 N–H and O–H groups in total. The normalized spacial score (nSPS) is 27.4. The zero-order valence-corrected chi connectivity index (χ0v) is 60.8. The van der Waals surface area contributed by atoms with E-state index in [1.807, 2.05) is 114 Å². The molecule has 0 aromatic carbocycles. The lowest BCUT2D eigenvalue weighted by molar-refractivity contribution is -0.168. The number of hydrogen-bond acceptors (Lipinski definition) is 14. The minimum atomic E-state index is -1.62. The van der Waals surface area contributed by atoms with E-state index in [4.69, 9.17) is 4.74 Å². The number of rotatable bonds is 19. The van der Waals surface area contributed by atoms with Crippen molar-refractivity contribution in [2.24, 2.45) is 59.2 Å². The molecule has 0 aliphatic carbocycles. The molecule has 0 bridgehead atoms. The number of carbonyl (C=O) groups excluding carboxylic acids is 11. The van der Waals surface area contributed by atoms with Gasteiger partial charge in [-0.05, 0) is 108 Å². The van der Waals surface area contributed by atoms with E-state index >= 15 is 28.8 Å². The second-order valence-corrected chi connectivity index (χ2v) is 28.7. The van der Waals surface area contributed by atoms with Crippen molar-refractivity contribution in [3.8, 4) is 0 Å². The van der Waals surface area contributed by atoms with Crippen molar-refractivity contribution < 1.29 is 62.6 Å². The molecule has 91 heavy (non-hydrogen) atoms. The number of ketones is 3. The largest absolute Gasteiger partial charge is 0.391 e. The van der Waals surface area contributed by atoms with Gasteiger partial charge in [0.2, 0.25) is 47.6 Å². The SMILES string of the molecule is C/C=C/C[C@@H](C)[C@@H](C)[C@H]1C(=O)N[C@@H](CC)C(=O)N(C)[C@H](OCCN(C)C)C(=O)N(C)[C@@H](CC(C)C)C(=O)C[C@@H](C(C)C)C(=O)N(C)[C@@H](CC(C)C)C(=O)C[C@@H](C)C(=O)C[C@H](C)C(=O)N(C)[C@@H](CC(C)C)C(=O)N(C)[C@@H](CC(C)C)C(=O)N(C)[C@@H](C(C)O)C(=O)N1C. The highest BCUT2D eigenvalue weighted by Gasteiger charge is 2.46. The monoisotopic (exact) mass is 1290 g/mol. The molecule has 8 amide bonds. The van der Waals surface area contributed by atoms with Crippen LogP contribution in [0.5, 0.6) is 0 Å². The molecule has 14 atom stereocenters. The number of carbonyl (C=O) groups is 11. The first-order valence-electron chi connectivity index (χ1n) is 33.3. The molecule has 1 rings (SSSR count). The maximum absolute atomic E-state index is 15.3. The number of ether oxygens (including phenoxy) is 1. The second kappa shape index (κ2) is 38.5. The molecule has 522 valence electrons. The molecule has 22 heteroatoms. The zero-order valence-electron chi connectivity index (χ0n) is 60.8. The van der Waals surface area contributed by atoms with Crippen LogP contribution >= 0.6 is 0 Å². The number of Topliss-reactive ketones (excluding diaryl/α,β-unsaturated/α-hetero) is 3. The maximum Gasteiger partial charge on any atom is 0.273 e. The van der Waals surface area contributed by atoms with Crippen molar-refractivity contribution in [3.63, 3.8) is 0 Å². The first-order valence-corrected chi connectivity index (χ1v) is 33.3. The molecule has 0 radical (unpaired) electrons. The zero-order chi connectivity index (χ0) is 70.5. The first-order chi connectivity index (χ1) is 42.0. The lowest BCUT2D eigenvalue weighted by Crippen LogP contribution is -2.63. The van der Waals surface area contributed by atoms with E-state index < -0.39 is 137 Å². The van der Waals surface area contributed by atoms with Crippen LogP contribution < -0.4 is 5.32 Å². The molecule has 0 aromatic heterocycles. The van der Waals surface area contributed by atoms with Crippen molar-refractivity contribution >= 4 is 64.6 Å². The molecule has 0 aromatic rings. The molecule has 1 heterocycles. The highest BCUT2D eigenvalue weighted by atomic mass is 16.5. The van der Waals surface area contributed by atoms with Gasteiger partial charge in [-0.25, -0.2) is 0 Å². The van der Waals surface area contributed by atoms with E-state index in [9.17, 15) is 29.1 Å². The molecule has 1 unspecified atom stereocenters. The number of aliphatic hydroxyl groups is 1. The van der Waals surface area contributed by atoms with Crippen molar-refractivity contribution in [3.05, 3.63) is 12.2 Å². The highest BCUT2D eigenvalue weighted by molar-refractivity contribution is 5.99. The summed E-state index contributed by atoms with van der Waals surface area (Å²) in [7, 11) is 13.7. The lowest BCUT2D eigenvalue weighted by Gasteiger charge is -2.41. The summed E-state index contributed by atoms with van der Waals surface area (Å²) in [6.45, 7) is 30.9. The third kappa shape index (κ3) is 24.0. The minimum Gasteiger partial charge on any atom is -0.391 e. The third-order valence-electron chi connectivity index (χ3n) is 18.3. The van der Waals surface area contributed by atoms with Crippen molar-refractivity contribution in [2.45, 2.75) is 230 Å². The average Bonchev–Trinajstić information content (AvgIpc) is 0.906. The lowest BCUT2D eigenvalue weighted by atomic mass is 9.84. The number of aliphatic hydroxyl groups excluding tert-OH is 1. The van der Waals surface area contributed by atoms with Crippen molar-refractivity contribution in [1.29, 1.82) is 0 Å². The van der Waals surface area contributed by atoms with E-state index in [0.717, 1.165) is 9.80 Å². The number of likely N-dealkylation sites (N-methyl/N-ethyl adjacent to an activating group) is 8. The third-order valence-corrected chi connectivity index (χ3v) is 18.3. The predicted octanol–water partition coefficient (Wildman–Crippen LogP) is 6.45. The van der Waals surface area contributed by atoms with Crippen LogP contribution in [0.4, 0.5) is 0 Å². The molecule has 1 fully saturated rings. The molecule has 1 aliphatic rings. The summed E-state index contributed by atoms with van der Waals surface area (Å²) in [5.41, 5.74) is 0. The summed E-state index contributed by atoms with van der Waals surface area (Å²) in [6, 6.07) is -8.61. The topological polar surface area (TPSA) is 255 Å². The molecule has 0 saturated carbocycles. The Labute approximate surface area is 547 Å². The summed E-state index contributed by atoms with van der Waals surface area (Å²) in [6.07, 6.45) is 1.09. The van der Waals surface area contributed by atoms with Gasteiger partial charge in [-0.15, -0.1) is 0 Å². The Morgan fingerprint density at radius 1 is 0.516 bits per heavy atom. The van der Waals surface area contributed by atoms with E-state index in [1.54, 1.807) is 27.7 Å². The van der Waals surface area contributed by atoms with E-state index in [2.05, 4.69) is 5.32 Å². The summed E-state index contributed by atoms with van der Waals surface area (Å²) in [5, 5.41) is 14.5. The van der Waals surface area contributed by atoms with Crippen LogP contribution in [0.3, 0.4) is 0 Å². The number of allylic oxidation sites excluding steroid dienone is 2. The summed E-state index contributed by atoms with van der Waals surface area (Å²) < 4.78 is 6.28. The van der Waals surface area contributed by atoms with Gasteiger partial charge in [0.15, 0.2) is 11.6 Å². The fraction of sp³-hybridized carbons (Fsp3) is 0.812. The Balaban J connectivity index is 4.52. The fourth-order valence-corrected chi connectivity index (χ4v) is 12.1. The Bertz CT molecular complexity index is 2460. The standard InChI is InChI=1S/C69H123N9O13/c1-27-29-30-45(13)48(16)59-61(83)70-51(28-2)64(86)78(26)69(91-32-31-71(18)19)68(90)73(21)53(34-41(5)6)58(82)39-50(44(11)12)63(85)72(20)52(33-40(3)4)57(81)37-46(14)56(80)38-47(15)62(84)74(22)54(35-42(7)8)65(87)75(23)55(36-43(9)10)66(88)77(25)60(49(17)79)67(89)76(59)24/h27,29,40-55,59-60,69,79H,28,30-39H2,1-26H3,(H,70,83)/b29-27+/t45-,46-,47+,48-,49?,50+,51+,52+,53+,54+,55+,59+,60+,69-/m1/s1. The first kappa shape index (κ1) is 83.4. The van der Waals surface area contributed by atoms with Crippen LogP contribution in [0, 0.1) is 59.2 Å². The number of nitrogens with one attached hydrogen (secondary N) is 1. The summed E-state index contributed by atoms with van der Waals surface area (Å²) in [4.78, 5) is 174. The van der Waals surface area contributed by atoms with E-state index in [-0.39, 0.29) is 99.1 Å². The molecular formula is C69H123N9O13. The summed E-state index contributed by atoms with van der Waals surface area (Å²) >= 11 is 0. The molecule has 1 aliphatic heterocycles. The van der Waals surface area contributed by atoms with Crippen LogP contribution in [0.2, 0.25) is 0 Å². The van der Waals surface area contributed by atoms with Crippen LogP contribution in [-0.4, -0.2) is 240 Å². The van der Waals surface area contributed by atoms with Crippen molar-refractivity contribution in [1.82, 2.24) is 44.5 Å². The molecule has 1 saturated heterocycles. The number of nitrogens with zero attached hydrogens (tertiary/aromatic N) is 8. The predicted molar refractivity (Wildman–Crippen MR) is 355 cm³/mol. The van der Waals surface area contributed by atoms with Crippen LogP contribution in [0.1, 0.15) is 175 Å². The number of amides is 8. The quantitative estimate of drug-likeness (QED) is 0.132. The van der Waals surface area contributed by atoms with Gasteiger partial charge in [0.05, 0.1) is 24.8 Å². The van der Waals surface area contributed by atoms with Gasteiger partial charge in [-0.2, -0.15) is 0 Å². The molecule has 0 spiro atoms. The fourth-order valence-electron chi connectivity index (χ4n) is 12.1. The van der Waals surface area contributed by atoms with Crippen molar-refractivity contribution in [2.75, 3.05) is 76.6 Å². The number of hydrogen-bond donors (Lipinski definition) is 2. The smallest absolute Gasteiger partial charge is 0.273 e. The van der Waals surface area contributed by atoms with Gasteiger partial charge in [0.1, 0.15) is 36.0 Å². The van der Waals surface area contributed by atoms with Gasteiger partial charge >= 0.3 is 0 Å². The Morgan fingerprint density at radius 3 is 1.37 bits per heavy atom. The maximum atomic E-state index is 15.3. The van der Waals surface area contributed by atoms with Gasteiger partial charge in [-0.1, -0.05) is 116 Å². The average molecular weight is 1290 g/mol. The van der Waals surface area contributed by atoms with Crippen LogP contribution in [0.25, 0.3) is 0 Å². The van der Waals surface area contributed by atoms with E-state index in [0.29, 0.717) is 13.0 Å².